The Balaban J connectivity index is 1.63. The van der Waals surface area contributed by atoms with Crippen LogP contribution in [0.15, 0.2) is 40.1 Å². The molecular formula is C21H20F3N9O6S3. The normalized spacial score (nSPS) is 17.5. The minimum Gasteiger partial charge on any atom is -0.440 e. The number of rotatable bonds is 7. The zero-order valence-corrected chi connectivity index (χ0v) is 23.4. The van der Waals surface area contributed by atoms with E-state index in [2.05, 4.69) is 30.3 Å². The number of fused-ring (bicyclic) bond motifs is 1. The van der Waals surface area contributed by atoms with Gasteiger partial charge in [-0.2, -0.15) is 17.5 Å². The molecule has 0 spiro atoms. The van der Waals surface area contributed by atoms with Crippen molar-refractivity contribution < 1.29 is 39.5 Å². The summed E-state index contributed by atoms with van der Waals surface area (Å²) in [6.45, 7) is -0.746. The standard InChI is InChI=1S/C21H20F3N9O6S3/c22-21(23,24)19(34)39-17(25)9-6-7-33(8-9)42(37,38)13-5-4-10(11-2-1-3-12-15(11)28-20(26)40-12)14(16(13)41(27,35)36)18-29-31-32-30-18/h1-5,9,17H,6-8,25H2,(H2,26,28)(H2,27,35,36)(H,29,30,31,32)/t9?,17-/m0/s1. The van der Waals surface area contributed by atoms with Gasteiger partial charge >= 0.3 is 12.1 Å². The van der Waals surface area contributed by atoms with Gasteiger partial charge < -0.3 is 10.5 Å². The Bertz CT molecular complexity index is 1900. The number of thiazole rings is 1. The number of alkyl halides is 3. The first-order valence-corrected chi connectivity index (χ1v) is 15.5. The Labute approximate surface area is 238 Å². The van der Waals surface area contributed by atoms with Crippen molar-refractivity contribution in [2.75, 3.05) is 18.8 Å². The molecule has 0 saturated carbocycles. The highest BCUT2D eigenvalue weighted by Crippen LogP contribution is 2.43. The largest absolute Gasteiger partial charge is 0.490 e. The zero-order valence-electron chi connectivity index (χ0n) is 20.9. The van der Waals surface area contributed by atoms with Crippen LogP contribution in [-0.4, -0.2) is 78.2 Å². The van der Waals surface area contributed by atoms with Crippen LogP contribution in [0.1, 0.15) is 6.42 Å². The van der Waals surface area contributed by atoms with Gasteiger partial charge in [0.1, 0.15) is 9.79 Å². The Morgan fingerprint density at radius 1 is 1.17 bits per heavy atom. The number of benzene rings is 2. The van der Waals surface area contributed by atoms with Crippen molar-refractivity contribution >= 4 is 52.7 Å². The Hall–Kier alpha value is -3.76. The third-order valence-electron chi connectivity index (χ3n) is 6.46. The van der Waals surface area contributed by atoms with Crippen molar-refractivity contribution in [2.45, 2.75) is 28.6 Å². The van der Waals surface area contributed by atoms with Gasteiger partial charge in [-0.1, -0.05) is 29.5 Å². The van der Waals surface area contributed by atoms with Gasteiger partial charge in [-0.05, 0) is 34.5 Å². The van der Waals surface area contributed by atoms with Crippen molar-refractivity contribution in [3.05, 3.63) is 30.3 Å². The quantitative estimate of drug-likeness (QED) is 0.161. The van der Waals surface area contributed by atoms with Crippen LogP contribution < -0.4 is 16.6 Å². The number of nitrogens with zero attached hydrogens (tertiary/aromatic N) is 5. The zero-order chi connectivity index (χ0) is 30.6. The van der Waals surface area contributed by atoms with Crippen LogP contribution in [0, 0.1) is 5.92 Å². The number of hydrogen-bond acceptors (Lipinski definition) is 13. The average molecular weight is 648 g/mol. The number of sulfonamides is 2. The highest BCUT2D eigenvalue weighted by molar-refractivity contribution is 7.92. The molecule has 5 rings (SSSR count). The summed E-state index contributed by atoms with van der Waals surface area (Å²) >= 11 is 1.17. The fourth-order valence-corrected chi connectivity index (χ4v) is 8.48. The number of primary sulfonamides is 1. The summed E-state index contributed by atoms with van der Waals surface area (Å²) in [5.41, 5.74) is 12.2. The molecular weight excluding hydrogens is 627 g/mol. The second-order valence-electron chi connectivity index (χ2n) is 9.09. The Morgan fingerprint density at radius 3 is 2.55 bits per heavy atom. The van der Waals surface area contributed by atoms with Gasteiger partial charge in [0.25, 0.3) is 0 Å². The molecule has 7 N–H and O–H groups in total. The van der Waals surface area contributed by atoms with Gasteiger partial charge in [0.2, 0.25) is 20.0 Å². The van der Waals surface area contributed by atoms with E-state index in [1.807, 2.05) is 0 Å². The van der Waals surface area contributed by atoms with Crippen LogP contribution >= 0.6 is 11.3 Å². The molecule has 2 aromatic carbocycles. The lowest BCUT2D eigenvalue weighted by Gasteiger charge is -2.23. The molecule has 1 fully saturated rings. The summed E-state index contributed by atoms with van der Waals surface area (Å²) in [6, 6.07) is 7.37. The number of aromatic nitrogens is 5. The summed E-state index contributed by atoms with van der Waals surface area (Å²) < 4.78 is 97.3. The van der Waals surface area contributed by atoms with Crippen molar-refractivity contribution in [1.82, 2.24) is 29.9 Å². The second kappa shape index (κ2) is 10.5. The number of anilines is 1. The molecule has 1 aliphatic rings. The van der Waals surface area contributed by atoms with E-state index < -0.39 is 60.7 Å². The van der Waals surface area contributed by atoms with E-state index in [9.17, 15) is 34.8 Å². The highest BCUT2D eigenvalue weighted by Gasteiger charge is 2.45. The number of aromatic amines is 1. The van der Waals surface area contributed by atoms with Gasteiger partial charge in [0.05, 0.1) is 15.8 Å². The minimum absolute atomic E-state index is 0.0829. The molecule has 224 valence electrons. The van der Waals surface area contributed by atoms with Crippen molar-refractivity contribution in [2.24, 2.45) is 16.8 Å². The van der Waals surface area contributed by atoms with Crippen LogP contribution in [-0.2, 0) is 29.6 Å². The fourth-order valence-electron chi connectivity index (χ4n) is 4.62. The molecule has 1 saturated heterocycles. The van der Waals surface area contributed by atoms with Gasteiger partial charge in [-0.15, -0.1) is 5.10 Å². The lowest BCUT2D eigenvalue weighted by molar-refractivity contribution is -0.206. The van der Waals surface area contributed by atoms with E-state index in [1.165, 1.54) is 17.4 Å². The Morgan fingerprint density at radius 2 is 1.90 bits per heavy atom. The number of halogens is 3. The van der Waals surface area contributed by atoms with E-state index in [0.29, 0.717) is 15.8 Å². The summed E-state index contributed by atoms with van der Waals surface area (Å²) in [5, 5.41) is 19.0. The van der Waals surface area contributed by atoms with Crippen molar-refractivity contribution in [3.8, 4) is 22.5 Å². The monoisotopic (exact) mass is 647 g/mol. The molecule has 15 nitrogen and oxygen atoms in total. The molecule has 3 heterocycles. The summed E-state index contributed by atoms with van der Waals surface area (Å²) in [5.74, 6) is -3.77. The number of nitrogens with one attached hydrogen (secondary N) is 1. The molecule has 2 aromatic heterocycles. The topological polar surface area (TPSA) is 243 Å². The first kappa shape index (κ1) is 29.7. The number of carbonyl (C=O) groups excluding carboxylic acids is 1. The molecule has 2 atom stereocenters. The molecule has 0 bridgehead atoms. The summed E-state index contributed by atoms with van der Waals surface area (Å²) in [4.78, 5) is 13.9. The first-order valence-electron chi connectivity index (χ1n) is 11.7. The molecule has 1 aliphatic heterocycles. The van der Waals surface area contributed by atoms with E-state index in [0.717, 1.165) is 10.4 Å². The van der Waals surface area contributed by atoms with Gasteiger partial charge in [0.15, 0.2) is 17.2 Å². The number of tetrazole rings is 1. The van der Waals surface area contributed by atoms with E-state index in [4.69, 9.17) is 16.6 Å². The number of para-hydroxylation sites is 1. The number of nitrogens with two attached hydrogens (primary N) is 3. The van der Waals surface area contributed by atoms with Crippen molar-refractivity contribution in [1.29, 1.82) is 0 Å². The van der Waals surface area contributed by atoms with E-state index in [1.54, 1.807) is 18.2 Å². The minimum atomic E-state index is -5.30. The maximum Gasteiger partial charge on any atom is 0.490 e. The smallest absolute Gasteiger partial charge is 0.440 e. The summed E-state index contributed by atoms with van der Waals surface area (Å²) in [6.07, 6.45) is -7.16. The first-order chi connectivity index (χ1) is 19.6. The molecule has 0 radical (unpaired) electrons. The number of nitrogen functional groups attached to an aromatic ring is 1. The third-order valence-corrected chi connectivity index (χ3v) is 10.3. The summed E-state index contributed by atoms with van der Waals surface area (Å²) in [7, 11) is -9.51. The molecule has 0 aliphatic carbocycles. The van der Waals surface area contributed by atoms with Gasteiger partial charge in [-0.25, -0.2) is 36.9 Å². The van der Waals surface area contributed by atoms with Crippen LogP contribution in [0.25, 0.3) is 32.7 Å². The lowest BCUT2D eigenvalue weighted by atomic mass is 9.98. The average Bonchev–Trinajstić information content (AvgIpc) is 3.67. The SMILES string of the molecule is Nc1nc2c(-c3ccc(S(=O)(=O)N4CCC([C@@H](N)OC(=O)C(F)(F)F)C4)c(S(N)(=O)=O)c3-c3nnn[nH]3)cccc2s1. The van der Waals surface area contributed by atoms with E-state index >= 15 is 0 Å². The van der Waals surface area contributed by atoms with Crippen LogP contribution in [0.5, 0.6) is 0 Å². The van der Waals surface area contributed by atoms with Crippen molar-refractivity contribution in [3.63, 3.8) is 0 Å². The predicted octanol–water partition coefficient (Wildman–Crippen LogP) is 0.774. The number of hydrogen-bond donors (Lipinski definition) is 4. The van der Waals surface area contributed by atoms with Crippen LogP contribution in [0.4, 0.5) is 18.3 Å². The fraction of sp³-hybridized carbons (Fsp3) is 0.286. The molecule has 0 amide bonds. The maximum absolute atomic E-state index is 13.8. The number of ether oxygens (including phenoxy) is 1. The molecule has 1 unspecified atom stereocenters. The molecule has 21 heteroatoms. The molecule has 4 aromatic rings. The second-order valence-corrected chi connectivity index (χ2v) is 13.6. The molecule has 42 heavy (non-hydrogen) atoms. The van der Waals surface area contributed by atoms with Crippen LogP contribution in [0.2, 0.25) is 0 Å². The van der Waals surface area contributed by atoms with Crippen LogP contribution in [0.3, 0.4) is 0 Å². The third kappa shape index (κ3) is 5.41. The van der Waals surface area contributed by atoms with E-state index in [-0.39, 0.29) is 35.0 Å². The Kier molecular flexibility index (Phi) is 7.43. The number of esters is 1. The lowest BCUT2D eigenvalue weighted by Crippen LogP contribution is -2.41. The predicted molar refractivity (Wildman–Crippen MR) is 141 cm³/mol. The number of carbonyl (C=O) groups is 1. The van der Waals surface area contributed by atoms with Gasteiger partial charge in [0, 0.05) is 24.6 Å². The highest BCUT2D eigenvalue weighted by atomic mass is 32.2. The maximum atomic E-state index is 13.8. The van der Waals surface area contributed by atoms with Gasteiger partial charge in [-0.3, -0.25) is 5.73 Å². The number of H-pyrrole nitrogens is 1.